The normalized spacial score (nSPS) is 10.6. The van der Waals surface area contributed by atoms with Gasteiger partial charge in [0.2, 0.25) is 0 Å². The highest BCUT2D eigenvalue weighted by Crippen LogP contribution is 2.25. The molecule has 0 aliphatic carbocycles. The van der Waals surface area contributed by atoms with Gasteiger partial charge in [0, 0.05) is 30.4 Å². The van der Waals surface area contributed by atoms with Gasteiger partial charge in [-0.2, -0.15) is 10.1 Å². The Bertz CT molecular complexity index is 958. The van der Waals surface area contributed by atoms with E-state index in [4.69, 9.17) is 4.74 Å². The lowest BCUT2D eigenvalue weighted by Gasteiger charge is -2.14. The second-order valence-electron chi connectivity index (χ2n) is 5.42. The van der Waals surface area contributed by atoms with Crippen molar-refractivity contribution < 1.29 is 19.4 Å². The summed E-state index contributed by atoms with van der Waals surface area (Å²) in [7, 11) is 1.41. The van der Waals surface area contributed by atoms with Crippen molar-refractivity contribution in [2.24, 2.45) is 5.10 Å². The van der Waals surface area contributed by atoms with Crippen molar-refractivity contribution in [1.29, 1.82) is 0 Å². The number of carbonyl (C=O) groups is 2. The Balaban J connectivity index is 1.96. The zero-order valence-electron chi connectivity index (χ0n) is 14.8. The number of phenols is 1. The lowest BCUT2D eigenvalue weighted by Crippen LogP contribution is -2.33. The van der Waals surface area contributed by atoms with Gasteiger partial charge in [0.05, 0.1) is 19.5 Å². The number of hydrogen-bond acceptors (Lipinski definition) is 8. The second-order valence-corrected chi connectivity index (χ2v) is 5.42. The third-order valence-corrected chi connectivity index (χ3v) is 3.62. The van der Waals surface area contributed by atoms with E-state index in [2.05, 4.69) is 20.1 Å². The Morgan fingerprint density at radius 3 is 2.54 bits per heavy atom. The zero-order chi connectivity index (χ0) is 19.9. The van der Waals surface area contributed by atoms with Crippen molar-refractivity contribution in [3.05, 3.63) is 78.1 Å². The van der Waals surface area contributed by atoms with Crippen LogP contribution in [0.1, 0.15) is 26.4 Å². The van der Waals surface area contributed by atoms with Gasteiger partial charge < -0.3 is 9.84 Å². The van der Waals surface area contributed by atoms with Crippen LogP contribution in [0.25, 0.3) is 0 Å². The van der Waals surface area contributed by atoms with E-state index in [0.29, 0.717) is 10.6 Å². The van der Waals surface area contributed by atoms with Gasteiger partial charge in [-0.1, -0.05) is 0 Å². The van der Waals surface area contributed by atoms with Crippen molar-refractivity contribution in [3.8, 4) is 11.5 Å². The van der Waals surface area contributed by atoms with Crippen LogP contribution in [0, 0.1) is 0 Å². The predicted molar refractivity (Wildman–Crippen MR) is 99.0 cm³/mol. The van der Waals surface area contributed by atoms with E-state index in [-0.39, 0.29) is 22.8 Å². The number of pyridine rings is 1. The average Bonchev–Trinajstić information content (AvgIpc) is 2.75. The SMILES string of the molecule is COc1cc(/C=N/N(C(=O)c2ccncc2)C(=O)c2cnccn2)ccc1O. The summed E-state index contributed by atoms with van der Waals surface area (Å²) in [5, 5.41) is 14.4. The third-order valence-electron chi connectivity index (χ3n) is 3.62. The van der Waals surface area contributed by atoms with Crippen LogP contribution >= 0.6 is 0 Å². The molecule has 0 radical (unpaired) electrons. The van der Waals surface area contributed by atoms with Crippen molar-refractivity contribution in [2.45, 2.75) is 0 Å². The lowest BCUT2D eigenvalue weighted by atomic mass is 10.2. The molecule has 1 N–H and O–H groups in total. The van der Waals surface area contributed by atoms with Crippen LogP contribution in [-0.4, -0.2) is 50.2 Å². The van der Waals surface area contributed by atoms with Gasteiger partial charge in [-0.25, -0.2) is 4.98 Å². The molecule has 2 heterocycles. The van der Waals surface area contributed by atoms with Crippen molar-refractivity contribution >= 4 is 18.0 Å². The molecule has 9 nitrogen and oxygen atoms in total. The summed E-state index contributed by atoms with van der Waals surface area (Å²) in [6.45, 7) is 0. The van der Waals surface area contributed by atoms with E-state index in [0.717, 1.165) is 0 Å². The van der Waals surface area contributed by atoms with E-state index in [9.17, 15) is 14.7 Å². The molecule has 0 aliphatic heterocycles. The number of hydrazone groups is 1. The fourth-order valence-electron chi connectivity index (χ4n) is 2.23. The smallest absolute Gasteiger partial charge is 0.301 e. The maximum absolute atomic E-state index is 12.8. The number of hydrogen-bond donors (Lipinski definition) is 1. The van der Waals surface area contributed by atoms with Crippen molar-refractivity contribution in [2.75, 3.05) is 7.11 Å². The molecule has 3 rings (SSSR count). The number of aromatic nitrogens is 3. The van der Waals surface area contributed by atoms with Gasteiger partial charge in [-0.15, -0.1) is 0 Å². The largest absolute Gasteiger partial charge is 0.504 e. The quantitative estimate of drug-likeness (QED) is 0.410. The minimum Gasteiger partial charge on any atom is -0.504 e. The van der Waals surface area contributed by atoms with E-state index < -0.39 is 11.8 Å². The average molecular weight is 377 g/mol. The highest BCUT2D eigenvalue weighted by atomic mass is 16.5. The minimum atomic E-state index is -0.739. The number of amides is 2. The number of phenolic OH excluding ortho intramolecular Hbond substituents is 1. The molecular weight excluding hydrogens is 362 g/mol. The lowest BCUT2D eigenvalue weighted by molar-refractivity contribution is 0.0618. The fraction of sp³-hybridized carbons (Fsp3) is 0.0526. The Hall–Kier alpha value is -4.14. The molecular formula is C19H15N5O4. The summed E-state index contributed by atoms with van der Waals surface area (Å²) < 4.78 is 5.04. The van der Waals surface area contributed by atoms with E-state index in [1.54, 1.807) is 6.07 Å². The molecule has 1 aromatic carbocycles. The number of rotatable bonds is 5. The van der Waals surface area contributed by atoms with Gasteiger partial charge in [0.15, 0.2) is 11.5 Å². The molecule has 0 saturated carbocycles. The van der Waals surface area contributed by atoms with Gasteiger partial charge in [-0.05, 0) is 35.9 Å². The Kier molecular flexibility index (Phi) is 5.66. The first-order valence-corrected chi connectivity index (χ1v) is 8.06. The summed E-state index contributed by atoms with van der Waals surface area (Å²) in [5.74, 6) is -1.20. The number of imide groups is 1. The van der Waals surface area contributed by atoms with Gasteiger partial charge in [-0.3, -0.25) is 19.6 Å². The number of ether oxygens (including phenoxy) is 1. The fourth-order valence-corrected chi connectivity index (χ4v) is 2.23. The zero-order valence-corrected chi connectivity index (χ0v) is 14.8. The Morgan fingerprint density at radius 2 is 1.86 bits per heavy atom. The highest BCUT2D eigenvalue weighted by molar-refractivity contribution is 6.09. The molecule has 0 fully saturated rings. The second kappa shape index (κ2) is 8.49. The molecule has 28 heavy (non-hydrogen) atoms. The summed E-state index contributed by atoms with van der Waals surface area (Å²) >= 11 is 0. The summed E-state index contributed by atoms with van der Waals surface area (Å²) in [6, 6.07) is 7.43. The summed E-state index contributed by atoms with van der Waals surface area (Å²) in [4.78, 5) is 37.2. The molecule has 0 bridgehead atoms. The highest BCUT2D eigenvalue weighted by Gasteiger charge is 2.25. The minimum absolute atomic E-state index is 0.0367. The van der Waals surface area contributed by atoms with Crippen LogP contribution in [0.2, 0.25) is 0 Å². The summed E-state index contributed by atoms with van der Waals surface area (Å²) in [5.41, 5.74) is 0.701. The third kappa shape index (κ3) is 4.15. The first kappa shape index (κ1) is 18.6. The van der Waals surface area contributed by atoms with E-state index >= 15 is 0 Å². The maximum Gasteiger partial charge on any atom is 0.301 e. The van der Waals surface area contributed by atoms with Crippen LogP contribution in [0.15, 0.2) is 66.4 Å². The van der Waals surface area contributed by atoms with Crippen LogP contribution < -0.4 is 4.74 Å². The summed E-state index contributed by atoms with van der Waals surface area (Å²) in [6.07, 6.45) is 8.18. The molecule has 140 valence electrons. The predicted octanol–water partition coefficient (Wildman–Crippen LogP) is 1.90. The number of aromatic hydroxyl groups is 1. The number of methoxy groups -OCH3 is 1. The molecule has 0 spiro atoms. The standard InChI is InChI=1S/C19H15N5O4/c1-28-17-10-13(2-3-16(17)25)11-23-24(18(26)14-4-6-20-7-5-14)19(27)15-12-21-8-9-22-15/h2-12,25H,1H3/b23-11+. The molecule has 2 amide bonds. The van der Waals surface area contributed by atoms with Crippen molar-refractivity contribution in [3.63, 3.8) is 0 Å². The number of benzene rings is 1. The molecule has 0 unspecified atom stereocenters. The first-order valence-electron chi connectivity index (χ1n) is 8.06. The molecule has 0 aliphatic rings. The van der Waals surface area contributed by atoms with Gasteiger partial charge >= 0.3 is 5.91 Å². The Labute approximate surface area is 160 Å². The number of carbonyl (C=O) groups excluding carboxylic acids is 2. The number of nitrogens with zero attached hydrogens (tertiary/aromatic N) is 5. The van der Waals surface area contributed by atoms with E-state index in [1.165, 1.54) is 68.6 Å². The molecule has 0 saturated heterocycles. The van der Waals surface area contributed by atoms with Gasteiger partial charge in [0.1, 0.15) is 5.69 Å². The van der Waals surface area contributed by atoms with Crippen LogP contribution in [0.3, 0.4) is 0 Å². The Morgan fingerprint density at radius 1 is 1.07 bits per heavy atom. The van der Waals surface area contributed by atoms with Crippen molar-refractivity contribution in [1.82, 2.24) is 20.0 Å². The maximum atomic E-state index is 12.8. The topological polar surface area (TPSA) is 118 Å². The van der Waals surface area contributed by atoms with Crippen LogP contribution in [0.5, 0.6) is 11.5 Å². The van der Waals surface area contributed by atoms with Crippen LogP contribution in [0.4, 0.5) is 0 Å². The van der Waals surface area contributed by atoms with Gasteiger partial charge in [0.25, 0.3) is 5.91 Å². The molecule has 2 aromatic heterocycles. The van der Waals surface area contributed by atoms with E-state index in [1.807, 2.05) is 0 Å². The monoisotopic (exact) mass is 377 g/mol. The van der Waals surface area contributed by atoms with Crippen LogP contribution in [-0.2, 0) is 0 Å². The molecule has 3 aromatic rings. The molecule has 9 heteroatoms. The molecule has 0 atom stereocenters. The first-order chi connectivity index (χ1) is 13.6.